The number of terminal acetylenes is 1. The molecule has 17 heteroatoms. The standard InChI is InChI=1S/C36H28ClF5N8O2S/c1-2-36(41,42)30(19-5-3-9-46-31(19)44)50-11-12-51-28-24-27(47-34(48-33(24)50)52-16-35-8-4-10-49(35)15-17(38)13-35)26(40)23(25(28)37)18-6-7-21(39)29-22(18)20(14-43)32(45)53-29/h1,3,5-7,9,17,30H,4,8,10-13,15-16,45H2,(H2,44,46)/t17-,30?,35+/m1/s1. The van der Waals surface area contributed by atoms with Crippen molar-refractivity contribution in [2.24, 2.45) is 0 Å². The van der Waals surface area contributed by atoms with Crippen LogP contribution in [0.1, 0.15) is 36.4 Å². The van der Waals surface area contributed by atoms with E-state index in [0.717, 1.165) is 28.7 Å². The molecule has 2 saturated heterocycles. The van der Waals surface area contributed by atoms with E-state index < -0.39 is 46.8 Å². The van der Waals surface area contributed by atoms with Gasteiger partial charge in [-0.3, -0.25) is 4.90 Å². The third-order valence-corrected chi connectivity index (χ3v) is 11.6. The molecule has 1 unspecified atom stereocenters. The van der Waals surface area contributed by atoms with Gasteiger partial charge in [0.05, 0.1) is 32.8 Å². The lowest BCUT2D eigenvalue weighted by molar-refractivity contribution is 0.0326. The maximum absolute atomic E-state index is 17.4. The van der Waals surface area contributed by atoms with E-state index in [0.29, 0.717) is 13.0 Å². The number of halogens is 6. The molecule has 3 aromatic heterocycles. The monoisotopic (exact) mass is 766 g/mol. The van der Waals surface area contributed by atoms with Gasteiger partial charge in [-0.25, -0.2) is 18.2 Å². The molecule has 2 aromatic carbocycles. The molecule has 0 aliphatic carbocycles. The number of alkyl halides is 3. The van der Waals surface area contributed by atoms with Crippen molar-refractivity contribution in [2.45, 2.75) is 42.9 Å². The molecule has 2 fully saturated rings. The second kappa shape index (κ2) is 12.8. The normalized spacial score (nSPS) is 20.5. The van der Waals surface area contributed by atoms with Gasteiger partial charge in [-0.2, -0.15) is 24.0 Å². The highest BCUT2D eigenvalue weighted by Crippen LogP contribution is 2.52. The van der Waals surface area contributed by atoms with Crippen LogP contribution in [0.25, 0.3) is 32.1 Å². The van der Waals surface area contributed by atoms with Gasteiger partial charge in [0.25, 0.3) is 0 Å². The lowest BCUT2D eigenvalue weighted by Crippen LogP contribution is -2.44. The maximum atomic E-state index is 17.4. The van der Waals surface area contributed by atoms with E-state index in [9.17, 15) is 9.65 Å². The molecule has 0 spiro atoms. The Hall–Kier alpha value is -5.16. The van der Waals surface area contributed by atoms with E-state index in [4.69, 9.17) is 39.0 Å². The summed E-state index contributed by atoms with van der Waals surface area (Å²) in [6.07, 6.45) is 7.30. The number of hydrogen-bond acceptors (Lipinski definition) is 11. The van der Waals surface area contributed by atoms with E-state index in [1.807, 2.05) is 11.0 Å². The highest BCUT2D eigenvalue weighted by molar-refractivity contribution is 7.23. The number of nitrogen functional groups attached to an aromatic ring is 2. The largest absolute Gasteiger partial charge is 0.489 e. The molecule has 3 aliphatic heterocycles. The molecular weight excluding hydrogens is 739 g/mol. The van der Waals surface area contributed by atoms with Gasteiger partial charge in [-0.05, 0) is 43.0 Å². The lowest BCUT2D eigenvalue weighted by Gasteiger charge is -2.35. The molecule has 0 bridgehead atoms. The molecule has 8 rings (SSSR count). The predicted molar refractivity (Wildman–Crippen MR) is 191 cm³/mol. The van der Waals surface area contributed by atoms with Crippen molar-refractivity contribution < 1.29 is 31.4 Å². The molecule has 0 saturated carbocycles. The topological polar surface area (TPSA) is 139 Å². The van der Waals surface area contributed by atoms with E-state index in [2.05, 4.69) is 15.0 Å². The number of pyridine rings is 1. The zero-order chi connectivity index (χ0) is 37.4. The first-order chi connectivity index (χ1) is 25.4. The fourth-order valence-electron chi connectivity index (χ4n) is 7.94. The Bertz CT molecular complexity index is 2420. The predicted octanol–water partition coefficient (Wildman–Crippen LogP) is 7.04. The first-order valence-corrected chi connectivity index (χ1v) is 17.7. The summed E-state index contributed by atoms with van der Waals surface area (Å²) >= 11 is 7.78. The smallest absolute Gasteiger partial charge is 0.332 e. The van der Waals surface area contributed by atoms with Crippen LogP contribution in [-0.2, 0) is 0 Å². The van der Waals surface area contributed by atoms with Crippen LogP contribution in [0.3, 0.4) is 0 Å². The third kappa shape index (κ3) is 5.42. The van der Waals surface area contributed by atoms with E-state index in [1.54, 1.807) is 5.92 Å². The summed E-state index contributed by atoms with van der Waals surface area (Å²) in [4.78, 5) is 16.1. The fourth-order valence-corrected chi connectivity index (χ4v) is 9.22. The van der Waals surface area contributed by atoms with E-state index >= 15 is 17.6 Å². The molecule has 10 nitrogen and oxygen atoms in total. The zero-order valence-electron chi connectivity index (χ0n) is 27.6. The van der Waals surface area contributed by atoms with Gasteiger partial charge in [0.15, 0.2) is 11.6 Å². The van der Waals surface area contributed by atoms with E-state index in [1.165, 1.54) is 24.4 Å². The van der Waals surface area contributed by atoms with Gasteiger partial charge in [-0.1, -0.05) is 23.7 Å². The van der Waals surface area contributed by atoms with E-state index in [-0.39, 0.29) is 97.9 Å². The summed E-state index contributed by atoms with van der Waals surface area (Å²) in [5.41, 5.74) is 10.6. The Kier molecular flexibility index (Phi) is 8.40. The van der Waals surface area contributed by atoms with Gasteiger partial charge in [0, 0.05) is 35.7 Å². The van der Waals surface area contributed by atoms with Gasteiger partial charge in [0.2, 0.25) is 0 Å². The van der Waals surface area contributed by atoms with Crippen molar-refractivity contribution in [3.63, 3.8) is 0 Å². The van der Waals surface area contributed by atoms with Crippen molar-refractivity contribution in [2.75, 3.05) is 49.2 Å². The lowest BCUT2D eigenvalue weighted by atomic mass is 9.95. The molecule has 4 N–H and O–H groups in total. The Labute approximate surface area is 308 Å². The molecule has 0 amide bonds. The Balaban J connectivity index is 1.40. The van der Waals surface area contributed by atoms with Crippen LogP contribution in [-0.4, -0.2) is 70.3 Å². The number of nitrogens with zero attached hydrogens (tertiary/aromatic N) is 6. The summed E-state index contributed by atoms with van der Waals surface area (Å²) in [6.45, 7) is 0.260. The van der Waals surface area contributed by atoms with Crippen LogP contribution in [0.15, 0.2) is 30.5 Å². The third-order valence-electron chi connectivity index (χ3n) is 10.2. The van der Waals surface area contributed by atoms with Gasteiger partial charge in [0.1, 0.15) is 59.5 Å². The quantitative estimate of drug-likeness (QED) is 0.131. The molecule has 3 atom stereocenters. The molecular formula is C36H28ClF5N8O2S. The van der Waals surface area contributed by atoms with Crippen molar-refractivity contribution in [1.82, 2.24) is 19.9 Å². The SMILES string of the molecule is C#CC(F)(F)C(c1cccnc1N)N1CCOc2c(Cl)c(-c3ccc(F)c4sc(N)c(C#N)c34)c(F)c3nc(OC[C@@]45CCCN4C[C@H](F)C5)nc1c23. The fraction of sp³-hybridized carbons (Fsp3) is 0.333. The maximum Gasteiger partial charge on any atom is 0.332 e. The molecule has 53 heavy (non-hydrogen) atoms. The number of anilines is 3. The molecule has 0 radical (unpaired) electrons. The van der Waals surface area contributed by atoms with Crippen molar-refractivity contribution in [1.29, 1.82) is 5.26 Å². The van der Waals surface area contributed by atoms with Gasteiger partial charge in [-0.15, -0.1) is 17.8 Å². The number of fused-ring (bicyclic) bond motifs is 2. The van der Waals surface area contributed by atoms with Crippen LogP contribution in [0.5, 0.6) is 11.8 Å². The summed E-state index contributed by atoms with van der Waals surface area (Å²) in [7, 11) is 0. The molecule has 272 valence electrons. The van der Waals surface area contributed by atoms with Crippen LogP contribution in [0.2, 0.25) is 5.02 Å². The number of rotatable bonds is 7. The number of nitriles is 1. The van der Waals surface area contributed by atoms with Crippen LogP contribution in [0.4, 0.5) is 38.6 Å². The number of benzene rings is 2. The Morgan fingerprint density at radius 2 is 2.02 bits per heavy atom. The minimum absolute atomic E-state index is 0.00556. The first-order valence-electron chi connectivity index (χ1n) is 16.5. The summed E-state index contributed by atoms with van der Waals surface area (Å²) in [6, 6.07) is 4.68. The Morgan fingerprint density at radius 1 is 1.21 bits per heavy atom. The summed E-state index contributed by atoms with van der Waals surface area (Å²) in [5.74, 6) is -4.76. The summed E-state index contributed by atoms with van der Waals surface area (Å²) < 4.78 is 91.3. The number of thiophene rings is 1. The minimum atomic E-state index is -3.89. The van der Waals surface area contributed by atoms with Crippen molar-refractivity contribution >= 4 is 60.6 Å². The highest BCUT2D eigenvalue weighted by atomic mass is 35.5. The molecule has 5 aromatic rings. The number of hydrogen-bond donors (Lipinski definition) is 2. The molecule has 6 heterocycles. The number of nitrogens with two attached hydrogens (primary N) is 2. The zero-order valence-corrected chi connectivity index (χ0v) is 29.2. The van der Waals surface area contributed by atoms with Gasteiger partial charge >= 0.3 is 11.9 Å². The van der Waals surface area contributed by atoms with Crippen LogP contribution >= 0.6 is 22.9 Å². The minimum Gasteiger partial charge on any atom is -0.489 e. The van der Waals surface area contributed by atoms with Gasteiger partial charge < -0.3 is 25.8 Å². The van der Waals surface area contributed by atoms with Crippen LogP contribution < -0.4 is 25.8 Å². The second-order valence-electron chi connectivity index (χ2n) is 13.2. The highest BCUT2D eigenvalue weighted by Gasteiger charge is 2.50. The number of aromatic nitrogens is 3. The number of ether oxygens (including phenoxy) is 2. The van der Waals surface area contributed by atoms with Crippen molar-refractivity contribution in [3.8, 4) is 41.3 Å². The van der Waals surface area contributed by atoms with Crippen LogP contribution in [0, 0.1) is 35.3 Å². The summed E-state index contributed by atoms with van der Waals surface area (Å²) in [5, 5.41) is 9.48. The average molecular weight is 767 g/mol. The average Bonchev–Trinajstić information content (AvgIpc) is 3.74. The first kappa shape index (κ1) is 34.9. The second-order valence-corrected chi connectivity index (χ2v) is 14.6. The van der Waals surface area contributed by atoms with Crippen molar-refractivity contribution in [3.05, 3.63) is 58.2 Å². The Morgan fingerprint density at radius 3 is 2.77 bits per heavy atom. The molecule has 3 aliphatic rings.